The second-order valence-electron chi connectivity index (χ2n) is 10.5. The van der Waals surface area contributed by atoms with Crippen molar-refractivity contribution in [2.24, 2.45) is 0 Å². The Morgan fingerprint density at radius 2 is 1.72 bits per heavy atom. The lowest BCUT2D eigenvalue weighted by molar-refractivity contribution is 0.00578. The van der Waals surface area contributed by atoms with E-state index in [4.69, 9.17) is 30.1 Å². The average molecular weight is 442 g/mol. The van der Waals surface area contributed by atoms with E-state index in [-0.39, 0.29) is 11.1 Å². The van der Waals surface area contributed by atoms with Gasteiger partial charge in [0.05, 0.1) is 17.3 Å². The van der Waals surface area contributed by atoms with E-state index in [1.54, 1.807) is 12.3 Å². The summed E-state index contributed by atoms with van der Waals surface area (Å²) in [7, 11) is -2.31. The van der Waals surface area contributed by atoms with Crippen LogP contribution in [-0.4, -0.2) is 44.3 Å². The molecule has 0 radical (unpaired) electrons. The first kappa shape index (κ1) is 24.7. The molecule has 0 aliphatic carbocycles. The molecule has 1 aliphatic heterocycles. The van der Waals surface area contributed by atoms with Crippen molar-refractivity contribution in [1.82, 2.24) is 4.98 Å². The standard InChI is InChI=1S/C21H37BClNO4Si/c1-15(11-12-25-29(9,10)19(2,3)4)26-17-13-18(23)24-14-16(17)22-27-20(5,6)21(7,8)28-22/h13-15H,11-12H2,1-10H3. The minimum Gasteiger partial charge on any atom is -0.491 e. The summed E-state index contributed by atoms with van der Waals surface area (Å²) in [5.74, 6) is 0.642. The van der Waals surface area contributed by atoms with Crippen molar-refractivity contribution in [1.29, 1.82) is 0 Å². The first-order chi connectivity index (χ1) is 13.1. The number of hydrogen-bond donors (Lipinski definition) is 0. The molecule has 2 rings (SSSR count). The summed E-state index contributed by atoms with van der Waals surface area (Å²) in [4.78, 5) is 4.21. The lowest BCUT2D eigenvalue weighted by Gasteiger charge is -2.36. The second kappa shape index (κ2) is 8.50. The highest BCUT2D eigenvalue weighted by molar-refractivity contribution is 6.74. The Labute approximate surface area is 183 Å². The third-order valence-corrected chi connectivity index (χ3v) is 11.2. The minimum atomic E-state index is -1.76. The number of aromatic nitrogens is 1. The molecule has 5 nitrogen and oxygen atoms in total. The maximum absolute atomic E-state index is 6.28. The predicted molar refractivity (Wildman–Crippen MR) is 123 cm³/mol. The average Bonchev–Trinajstić information content (AvgIpc) is 2.73. The molecule has 164 valence electrons. The molecule has 29 heavy (non-hydrogen) atoms. The van der Waals surface area contributed by atoms with E-state index < -0.39 is 26.6 Å². The molecule has 1 saturated heterocycles. The zero-order valence-corrected chi connectivity index (χ0v) is 21.4. The maximum Gasteiger partial charge on any atom is 0.500 e. The molecular formula is C21H37BClNO4Si. The van der Waals surface area contributed by atoms with Gasteiger partial charge < -0.3 is 18.5 Å². The Bertz CT molecular complexity index is 705. The molecular weight excluding hydrogens is 405 g/mol. The largest absolute Gasteiger partial charge is 0.500 e. The molecule has 8 heteroatoms. The number of ether oxygens (including phenoxy) is 1. The van der Waals surface area contributed by atoms with E-state index in [0.717, 1.165) is 11.9 Å². The van der Waals surface area contributed by atoms with Crippen molar-refractivity contribution in [2.45, 2.75) is 97.2 Å². The fourth-order valence-electron chi connectivity index (χ4n) is 2.64. The van der Waals surface area contributed by atoms with Gasteiger partial charge >= 0.3 is 7.12 Å². The van der Waals surface area contributed by atoms with Crippen LogP contribution in [0.5, 0.6) is 5.75 Å². The van der Waals surface area contributed by atoms with Gasteiger partial charge in [0.15, 0.2) is 8.32 Å². The number of hydrogen-bond acceptors (Lipinski definition) is 5. The van der Waals surface area contributed by atoms with Crippen molar-refractivity contribution >= 4 is 32.5 Å². The van der Waals surface area contributed by atoms with Gasteiger partial charge in [-0.3, -0.25) is 0 Å². The molecule has 0 bridgehead atoms. The Balaban J connectivity index is 2.07. The third kappa shape index (κ3) is 5.76. The third-order valence-electron chi connectivity index (χ3n) is 6.49. The van der Waals surface area contributed by atoms with Crippen LogP contribution in [0.2, 0.25) is 23.3 Å². The second-order valence-corrected chi connectivity index (χ2v) is 15.7. The highest BCUT2D eigenvalue weighted by atomic mass is 35.5. The SMILES string of the molecule is CC(CCO[Si](C)(C)C(C)(C)C)Oc1cc(Cl)ncc1B1OC(C)(C)C(C)(C)O1. The van der Waals surface area contributed by atoms with E-state index in [2.05, 4.69) is 38.8 Å². The van der Waals surface area contributed by atoms with Crippen LogP contribution in [0.15, 0.2) is 12.3 Å². The molecule has 1 unspecified atom stereocenters. The maximum atomic E-state index is 6.28. The number of pyridine rings is 1. The molecule has 1 aromatic heterocycles. The summed E-state index contributed by atoms with van der Waals surface area (Å²) in [5.41, 5.74) is -0.112. The van der Waals surface area contributed by atoms with Crippen LogP contribution in [0.3, 0.4) is 0 Å². The van der Waals surface area contributed by atoms with E-state index in [9.17, 15) is 0 Å². The summed E-state index contributed by atoms with van der Waals surface area (Å²) >= 11 is 6.14. The van der Waals surface area contributed by atoms with Crippen molar-refractivity contribution < 1.29 is 18.5 Å². The van der Waals surface area contributed by atoms with Crippen LogP contribution in [0.4, 0.5) is 0 Å². The first-order valence-electron chi connectivity index (χ1n) is 10.4. The van der Waals surface area contributed by atoms with E-state index >= 15 is 0 Å². The molecule has 0 aromatic carbocycles. The molecule has 2 heterocycles. The Kier molecular flexibility index (Phi) is 7.23. The fraction of sp³-hybridized carbons (Fsp3) is 0.762. The Morgan fingerprint density at radius 1 is 1.17 bits per heavy atom. The lowest BCUT2D eigenvalue weighted by Crippen LogP contribution is -2.41. The Hall–Kier alpha value is -0.598. The monoisotopic (exact) mass is 441 g/mol. The van der Waals surface area contributed by atoms with Gasteiger partial charge in [-0.2, -0.15) is 0 Å². The molecule has 0 saturated carbocycles. The molecule has 1 aliphatic rings. The summed E-state index contributed by atoms with van der Waals surface area (Å²) in [6.45, 7) is 22.1. The van der Waals surface area contributed by atoms with Gasteiger partial charge in [-0.05, 0) is 52.8 Å². The number of rotatable bonds is 7. The highest BCUT2D eigenvalue weighted by Gasteiger charge is 2.52. The van der Waals surface area contributed by atoms with Crippen molar-refractivity contribution in [3.8, 4) is 5.75 Å². The fourth-order valence-corrected chi connectivity index (χ4v) is 3.85. The van der Waals surface area contributed by atoms with Gasteiger partial charge in [0.2, 0.25) is 0 Å². The summed E-state index contributed by atoms with van der Waals surface area (Å²) < 4.78 is 24.9. The van der Waals surface area contributed by atoms with Crippen molar-refractivity contribution in [3.63, 3.8) is 0 Å². The van der Waals surface area contributed by atoms with E-state index in [1.807, 2.05) is 34.6 Å². The van der Waals surface area contributed by atoms with Gasteiger partial charge in [0.1, 0.15) is 10.9 Å². The minimum absolute atomic E-state index is 0.0422. The van der Waals surface area contributed by atoms with Crippen LogP contribution < -0.4 is 10.2 Å². The predicted octanol–water partition coefficient (Wildman–Crippen LogP) is 5.21. The van der Waals surface area contributed by atoms with E-state index in [0.29, 0.717) is 17.5 Å². The summed E-state index contributed by atoms with van der Waals surface area (Å²) in [6, 6.07) is 1.73. The van der Waals surface area contributed by atoms with Gasteiger partial charge in [0.25, 0.3) is 0 Å². The normalized spacial score (nSPS) is 20.0. The van der Waals surface area contributed by atoms with Crippen molar-refractivity contribution in [3.05, 3.63) is 17.4 Å². The summed E-state index contributed by atoms with van der Waals surface area (Å²) in [6.07, 6.45) is 2.42. The van der Waals surface area contributed by atoms with Crippen LogP contribution >= 0.6 is 11.6 Å². The van der Waals surface area contributed by atoms with Gasteiger partial charge in [-0.25, -0.2) is 4.98 Å². The topological polar surface area (TPSA) is 49.8 Å². The Morgan fingerprint density at radius 3 is 2.24 bits per heavy atom. The van der Waals surface area contributed by atoms with Crippen LogP contribution in [0.25, 0.3) is 0 Å². The van der Waals surface area contributed by atoms with Gasteiger partial charge in [-0.15, -0.1) is 0 Å². The lowest BCUT2D eigenvalue weighted by atomic mass is 9.79. The van der Waals surface area contributed by atoms with Crippen LogP contribution in [0, 0.1) is 0 Å². The molecule has 0 N–H and O–H groups in total. The van der Waals surface area contributed by atoms with Gasteiger partial charge in [0, 0.05) is 30.8 Å². The smallest absolute Gasteiger partial charge is 0.491 e. The molecule has 1 atom stereocenters. The highest BCUT2D eigenvalue weighted by Crippen LogP contribution is 2.38. The summed E-state index contributed by atoms with van der Waals surface area (Å²) in [5, 5.41) is 0.574. The molecule has 0 amide bonds. The molecule has 1 aromatic rings. The van der Waals surface area contributed by atoms with Crippen LogP contribution in [0.1, 0.15) is 61.8 Å². The van der Waals surface area contributed by atoms with Crippen LogP contribution in [-0.2, 0) is 13.7 Å². The number of nitrogens with zero attached hydrogens (tertiary/aromatic N) is 1. The molecule has 1 fully saturated rings. The quantitative estimate of drug-likeness (QED) is 0.429. The molecule has 0 spiro atoms. The van der Waals surface area contributed by atoms with Gasteiger partial charge in [-0.1, -0.05) is 32.4 Å². The first-order valence-corrected chi connectivity index (χ1v) is 13.7. The zero-order chi connectivity index (χ0) is 22.3. The van der Waals surface area contributed by atoms with Crippen molar-refractivity contribution in [2.75, 3.05) is 6.61 Å². The van der Waals surface area contributed by atoms with E-state index in [1.165, 1.54) is 0 Å². The zero-order valence-electron chi connectivity index (χ0n) is 19.7. The number of halogens is 1.